The maximum atomic E-state index is 13.6. The molecule has 8 nitrogen and oxygen atoms in total. The molecule has 1 saturated carbocycles. The maximum Gasteiger partial charge on any atom is 0.279 e. The molecule has 1 N–H and O–H groups in total. The molecule has 2 aliphatic rings. The van der Waals surface area contributed by atoms with Crippen LogP contribution in [0.15, 0.2) is 84.0 Å². The Hall–Kier alpha value is -4.66. The number of nitrogens with zero attached hydrogens (tertiary/aromatic N) is 6. The number of nitrogens with one attached hydrogen (secondary N) is 1. The van der Waals surface area contributed by atoms with Crippen LogP contribution in [0.5, 0.6) is 0 Å². The molecule has 3 aromatic carbocycles. The Kier molecular flexibility index (Phi) is 6.61. The maximum absolute atomic E-state index is 13.6. The molecule has 8 heteroatoms. The van der Waals surface area contributed by atoms with Gasteiger partial charge in [-0.2, -0.15) is 9.78 Å². The Balaban J connectivity index is 1.11. The molecule has 8 rings (SSSR count). The summed E-state index contributed by atoms with van der Waals surface area (Å²) in [6, 6.07) is 23.1. The van der Waals surface area contributed by atoms with E-state index in [2.05, 4.69) is 80.4 Å². The molecule has 0 unspecified atom stereocenters. The molecule has 0 radical (unpaired) electrons. The number of benzene rings is 3. The van der Waals surface area contributed by atoms with Gasteiger partial charge in [0.05, 0.1) is 23.0 Å². The molecule has 1 saturated heterocycles. The van der Waals surface area contributed by atoms with Gasteiger partial charge in [0.15, 0.2) is 0 Å². The second-order valence-electron chi connectivity index (χ2n) is 12.4. The first-order valence-corrected chi connectivity index (χ1v) is 15.5. The van der Waals surface area contributed by atoms with Crippen LogP contribution >= 0.6 is 0 Å². The van der Waals surface area contributed by atoms with Crippen LogP contribution in [0.25, 0.3) is 50.0 Å². The normalized spacial score (nSPS) is 16.2. The summed E-state index contributed by atoms with van der Waals surface area (Å²) < 4.78 is 1.52. The third kappa shape index (κ3) is 4.90. The van der Waals surface area contributed by atoms with Gasteiger partial charge >= 0.3 is 0 Å². The number of aromatic nitrogens is 5. The summed E-state index contributed by atoms with van der Waals surface area (Å²) in [7, 11) is 2.19. The number of rotatable bonds is 6. The van der Waals surface area contributed by atoms with Crippen LogP contribution < -0.4 is 5.56 Å². The molecular formula is C36H35N7O. The third-order valence-electron chi connectivity index (χ3n) is 9.34. The molecule has 0 spiro atoms. The molecule has 1 aliphatic heterocycles. The van der Waals surface area contributed by atoms with E-state index in [9.17, 15) is 4.79 Å². The van der Waals surface area contributed by atoms with Gasteiger partial charge in [-0.1, -0.05) is 42.5 Å². The van der Waals surface area contributed by atoms with Crippen LogP contribution in [0.1, 0.15) is 35.4 Å². The van der Waals surface area contributed by atoms with Gasteiger partial charge in [-0.05, 0) is 79.3 Å². The number of fused-ring (bicyclic) bond motifs is 2. The Morgan fingerprint density at radius 1 is 0.909 bits per heavy atom. The number of hydrogen-bond acceptors (Lipinski definition) is 6. The van der Waals surface area contributed by atoms with Crippen molar-refractivity contribution in [3.63, 3.8) is 0 Å². The minimum absolute atomic E-state index is 0.113. The highest BCUT2D eigenvalue weighted by atomic mass is 16.1. The Bertz CT molecular complexity index is 2070. The zero-order chi connectivity index (χ0) is 29.8. The van der Waals surface area contributed by atoms with Crippen molar-refractivity contribution in [3.8, 4) is 28.2 Å². The fraction of sp³-hybridized carbons (Fsp3) is 0.278. The largest absolute Gasteiger partial charge is 0.339 e. The van der Waals surface area contributed by atoms with Crippen molar-refractivity contribution in [1.82, 2.24) is 34.5 Å². The Morgan fingerprint density at radius 3 is 2.52 bits per heavy atom. The lowest BCUT2D eigenvalue weighted by atomic mass is 10.0. The zero-order valence-electron chi connectivity index (χ0n) is 25.1. The van der Waals surface area contributed by atoms with Crippen LogP contribution in [-0.4, -0.2) is 67.8 Å². The van der Waals surface area contributed by atoms with E-state index in [-0.39, 0.29) is 5.56 Å². The summed E-state index contributed by atoms with van der Waals surface area (Å²) in [5.74, 6) is 0.630. The summed E-state index contributed by atoms with van der Waals surface area (Å²) in [6.07, 6.45) is 5.86. The van der Waals surface area contributed by atoms with E-state index in [1.807, 2.05) is 31.3 Å². The lowest BCUT2D eigenvalue weighted by Gasteiger charge is -2.32. The van der Waals surface area contributed by atoms with E-state index < -0.39 is 0 Å². The summed E-state index contributed by atoms with van der Waals surface area (Å²) in [5, 5.41) is 7.13. The fourth-order valence-corrected chi connectivity index (χ4v) is 6.48. The average molecular weight is 582 g/mol. The highest BCUT2D eigenvalue weighted by Crippen LogP contribution is 2.40. The molecule has 220 valence electrons. The van der Waals surface area contributed by atoms with Gasteiger partial charge in [-0.15, -0.1) is 0 Å². The molecule has 0 amide bonds. The second-order valence-corrected chi connectivity index (χ2v) is 12.4. The van der Waals surface area contributed by atoms with Crippen molar-refractivity contribution in [2.24, 2.45) is 0 Å². The van der Waals surface area contributed by atoms with Crippen molar-refractivity contribution in [2.45, 2.75) is 32.2 Å². The highest BCUT2D eigenvalue weighted by Gasteiger charge is 2.24. The van der Waals surface area contributed by atoms with Crippen LogP contribution in [0.3, 0.4) is 0 Å². The van der Waals surface area contributed by atoms with E-state index in [0.29, 0.717) is 11.3 Å². The Labute approximate surface area is 256 Å². The number of H-pyrrole nitrogens is 1. The summed E-state index contributed by atoms with van der Waals surface area (Å²) in [4.78, 5) is 31.3. The zero-order valence-corrected chi connectivity index (χ0v) is 25.1. The van der Waals surface area contributed by atoms with Crippen molar-refractivity contribution in [1.29, 1.82) is 0 Å². The Morgan fingerprint density at radius 2 is 1.73 bits per heavy atom. The van der Waals surface area contributed by atoms with Crippen molar-refractivity contribution in [3.05, 3.63) is 106 Å². The smallest absolute Gasteiger partial charge is 0.279 e. The van der Waals surface area contributed by atoms with Crippen molar-refractivity contribution >= 4 is 21.8 Å². The van der Waals surface area contributed by atoms with E-state index >= 15 is 0 Å². The van der Waals surface area contributed by atoms with Gasteiger partial charge < -0.3 is 9.88 Å². The van der Waals surface area contributed by atoms with E-state index in [0.717, 1.165) is 82.9 Å². The predicted octanol–water partition coefficient (Wildman–Crippen LogP) is 5.92. The van der Waals surface area contributed by atoms with Crippen molar-refractivity contribution < 1.29 is 0 Å². The SMILES string of the molecule is Cc1c(-c2ncnc3[nH]c(-c4ccc(CN5CCN(C)CC5)cc4)cc23)cccc1-n1ncc2cc(C3CC3)ccc2c1=O. The molecule has 44 heavy (non-hydrogen) atoms. The molecule has 4 heterocycles. The van der Waals surface area contributed by atoms with Gasteiger partial charge in [0.2, 0.25) is 0 Å². The quantitative estimate of drug-likeness (QED) is 0.263. The first kappa shape index (κ1) is 26.9. The van der Waals surface area contributed by atoms with Gasteiger partial charge in [-0.3, -0.25) is 9.69 Å². The highest BCUT2D eigenvalue weighted by molar-refractivity contribution is 5.95. The van der Waals surface area contributed by atoms with Gasteiger partial charge in [0.1, 0.15) is 12.0 Å². The first-order valence-electron chi connectivity index (χ1n) is 15.5. The average Bonchev–Trinajstić information content (AvgIpc) is 3.81. The standard InChI is InChI=1S/C36H35N7O/c1-23-29(4-3-5-33(23)43-36(44)30-13-12-27(25-10-11-25)18-28(30)20-39-43)34-31-19-32(40-35(31)38-22-37-34)26-8-6-24(7-9-26)21-42-16-14-41(2)15-17-42/h3-9,12-13,18-20,22,25H,10-11,14-17,21H2,1-2H3,(H,37,38,40). The molecular weight excluding hydrogens is 546 g/mol. The van der Waals surface area contributed by atoms with E-state index in [1.165, 1.54) is 28.7 Å². The van der Waals surface area contributed by atoms with Gasteiger partial charge in [0, 0.05) is 54.8 Å². The predicted molar refractivity (Wildman–Crippen MR) is 175 cm³/mol. The molecule has 0 atom stereocenters. The second kappa shape index (κ2) is 10.8. The first-order chi connectivity index (χ1) is 21.5. The number of piperazine rings is 1. The number of likely N-dealkylation sites (N-methyl/N-ethyl adjacent to an activating group) is 1. The number of hydrogen-bond donors (Lipinski definition) is 1. The molecule has 3 aromatic heterocycles. The minimum Gasteiger partial charge on any atom is -0.339 e. The van der Waals surface area contributed by atoms with Crippen LogP contribution in [0.2, 0.25) is 0 Å². The van der Waals surface area contributed by atoms with E-state index in [4.69, 9.17) is 4.98 Å². The fourth-order valence-electron chi connectivity index (χ4n) is 6.48. The monoisotopic (exact) mass is 581 g/mol. The van der Waals surface area contributed by atoms with Gasteiger partial charge in [0.25, 0.3) is 5.56 Å². The molecule has 0 bridgehead atoms. The van der Waals surface area contributed by atoms with Crippen LogP contribution in [0, 0.1) is 6.92 Å². The van der Waals surface area contributed by atoms with Gasteiger partial charge in [-0.25, -0.2) is 9.97 Å². The van der Waals surface area contributed by atoms with Crippen LogP contribution in [0.4, 0.5) is 0 Å². The van der Waals surface area contributed by atoms with Crippen molar-refractivity contribution in [2.75, 3.05) is 33.2 Å². The lowest BCUT2D eigenvalue weighted by Crippen LogP contribution is -2.43. The minimum atomic E-state index is -0.113. The number of aromatic amines is 1. The summed E-state index contributed by atoms with van der Waals surface area (Å²) >= 11 is 0. The molecule has 1 aliphatic carbocycles. The summed E-state index contributed by atoms with van der Waals surface area (Å²) in [6.45, 7) is 7.46. The topological polar surface area (TPSA) is 82.9 Å². The summed E-state index contributed by atoms with van der Waals surface area (Å²) in [5.41, 5.74) is 8.86. The third-order valence-corrected chi connectivity index (χ3v) is 9.34. The lowest BCUT2D eigenvalue weighted by molar-refractivity contribution is 0.148. The molecule has 6 aromatic rings. The molecule has 2 fully saturated rings. The van der Waals surface area contributed by atoms with Crippen LogP contribution in [-0.2, 0) is 6.54 Å². The van der Waals surface area contributed by atoms with E-state index in [1.54, 1.807) is 6.33 Å².